The van der Waals surface area contributed by atoms with Gasteiger partial charge in [-0.05, 0) is 31.2 Å². The van der Waals surface area contributed by atoms with Gasteiger partial charge in [-0.1, -0.05) is 12.1 Å². The third kappa shape index (κ3) is 3.89. The molecule has 0 aliphatic rings. The van der Waals surface area contributed by atoms with Crippen molar-refractivity contribution in [2.45, 2.75) is 13.5 Å². The molecule has 0 unspecified atom stereocenters. The highest BCUT2D eigenvalue weighted by Crippen LogP contribution is 2.38. The van der Waals surface area contributed by atoms with E-state index in [1.54, 1.807) is 21.1 Å². The largest absolute Gasteiger partial charge is 0.497 e. The fourth-order valence-corrected chi connectivity index (χ4v) is 3.21. The maximum atomic E-state index is 11.6. The molecule has 2 aromatic carbocycles. The summed E-state index contributed by atoms with van der Waals surface area (Å²) >= 11 is 0. The Balaban J connectivity index is 2.03. The number of methoxy groups -OCH3 is 2. The van der Waals surface area contributed by atoms with Crippen LogP contribution in [0.3, 0.4) is 0 Å². The molecule has 3 N–H and O–H groups in total. The van der Waals surface area contributed by atoms with Gasteiger partial charge in [0, 0.05) is 36.4 Å². The van der Waals surface area contributed by atoms with Crippen molar-refractivity contribution in [3.8, 4) is 17.0 Å². The molecular weight excluding hydrogens is 358 g/mol. The molecule has 0 atom stereocenters. The van der Waals surface area contributed by atoms with E-state index < -0.39 is 6.09 Å². The van der Waals surface area contributed by atoms with Crippen molar-refractivity contribution >= 4 is 28.4 Å². The Hall–Kier alpha value is -3.19. The minimum Gasteiger partial charge on any atom is -0.497 e. The normalized spacial score (nSPS) is 10.8. The molecule has 0 saturated carbocycles. The third-order valence-electron chi connectivity index (χ3n) is 4.51. The van der Waals surface area contributed by atoms with Gasteiger partial charge in [0.25, 0.3) is 0 Å². The summed E-state index contributed by atoms with van der Waals surface area (Å²) in [4.78, 5) is 11.6. The van der Waals surface area contributed by atoms with Crippen molar-refractivity contribution < 1.29 is 19.0 Å². The summed E-state index contributed by atoms with van der Waals surface area (Å²) in [6.45, 7) is 3.29. The maximum Gasteiger partial charge on any atom is 0.411 e. The number of fused-ring (bicyclic) bond motifs is 1. The number of hydrogen-bond donors (Lipinski definition) is 2. The summed E-state index contributed by atoms with van der Waals surface area (Å²) in [5, 5.41) is 3.65. The first-order chi connectivity index (χ1) is 13.6. The highest BCUT2D eigenvalue weighted by Gasteiger charge is 2.17. The lowest BCUT2D eigenvalue weighted by Crippen LogP contribution is -2.13. The van der Waals surface area contributed by atoms with Crippen LogP contribution in [0.2, 0.25) is 0 Å². The second-order valence-corrected chi connectivity index (χ2v) is 6.21. The molecule has 7 heteroatoms. The second-order valence-electron chi connectivity index (χ2n) is 6.21. The Bertz CT molecular complexity index is 964. The molecule has 0 bridgehead atoms. The summed E-state index contributed by atoms with van der Waals surface area (Å²) in [6.07, 6.45) is -0.476. The molecule has 1 amide bonds. The molecule has 0 radical (unpaired) electrons. The molecule has 0 fully saturated rings. The third-order valence-corrected chi connectivity index (χ3v) is 4.51. The van der Waals surface area contributed by atoms with Crippen LogP contribution in [0.25, 0.3) is 22.2 Å². The van der Waals surface area contributed by atoms with E-state index in [-0.39, 0.29) is 0 Å². The summed E-state index contributed by atoms with van der Waals surface area (Å²) in [7, 11) is 3.31. The molecule has 0 spiro atoms. The van der Waals surface area contributed by atoms with Crippen LogP contribution in [-0.4, -0.2) is 38.1 Å². The van der Waals surface area contributed by atoms with E-state index in [1.165, 1.54) is 0 Å². The summed E-state index contributed by atoms with van der Waals surface area (Å²) < 4.78 is 17.7. The van der Waals surface area contributed by atoms with Gasteiger partial charge in [-0.25, -0.2) is 4.79 Å². The number of amides is 1. The highest BCUT2D eigenvalue weighted by atomic mass is 16.5. The van der Waals surface area contributed by atoms with Crippen molar-refractivity contribution in [1.82, 2.24) is 4.57 Å². The molecule has 0 aliphatic heterocycles. The Morgan fingerprint density at radius 2 is 1.89 bits per heavy atom. The molecule has 0 saturated heterocycles. The molecule has 28 heavy (non-hydrogen) atoms. The number of nitrogens with zero attached hydrogens (tertiary/aromatic N) is 1. The first-order valence-electron chi connectivity index (χ1n) is 9.07. The average Bonchev–Trinajstić information content (AvgIpc) is 2.98. The standard InChI is InChI=1S/C21H25N3O4/c1-4-28-21(25)23-15-7-5-14(6-8-15)20-19(22)17-10-9-16(27-3)13-18(17)24(20)11-12-26-2/h5-10,13H,4,11-12,22H2,1-3H3,(H,23,25). The zero-order valence-electron chi connectivity index (χ0n) is 16.3. The number of anilines is 2. The number of rotatable bonds is 7. The van der Waals surface area contributed by atoms with E-state index in [0.717, 1.165) is 27.9 Å². The Morgan fingerprint density at radius 3 is 2.54 bits per heavy atom. The number of aromatic nitrogens is 1. The van der Waals surface area contributed by atoms with Gasteiger partial charge >= 0.3 is 6.09 Å². The summed E-state index contributed by atoms with van der Waals surface area (Å²) in [6, 6.07) is 13.3. The lowest BCUT2D eigenvalue weighted by molar-refractivity contribution is 0.168. The minimum absolute atomic E-state index is 0.323. The SMILES string of the molecule is CCOC(=O)Nc1ccc(-c2c(N)c3ccc(OC)cc3n2CCOC)cc1. The van der Waals surface area contributed by atoms with Crippen molar-refractivity contribution in [2.24, 2.45) is 0 Å². The van der Waals surface area contributed by atoms with Gasteiger partial charge in [-0.3, -0.25) is 5.32 Å². The molecule has 1 heterocycles. The molecule has 7 nitrogen and oxygen atoms in total. The number of benzene rings is 2. The van der Waals surface area contributed by atoms with E-state index >= 15 is 0 Å². The minimum atomic E-state index is -0.476. The van der Waals surface area contributed by atoms with Crippen LogP contribution in [-0.2, 0) is 16.0 Å². The van der Waals surface area contributed by atoms with E-state index in [9.17, 15) is 4.79 Å². The Labute approximate surface area is 164 Å². The fourth-order valence-electron chi connectivity index (χ4n) is 3.21. The van der Waals surface area contributed by atoms with Gasteiger partial charge in [0.05, 0.1) is 37.2 Å². The molecule has 1 aromatic heterocycles. The quantitative estimate of drug-likeness (QED) is 0.641. The van der Waals surface area contributed by atoms with Crippen molar-refractivity contribution in [1.29, 1.82) is 0 Å². The van der Waals surface area contributed by atoms with Crippen LogP contribution in [0.15, 0.2) is 42.5 Å². The number of nitrogens with two attached hydrogens (primary N) is 1. The van der Waals surface area contributed by atoms with Crippen molar-refractivity contribution in [3.05, 3.63) is 42.5 Å². The average molecular weight is 383 g/mol. The van der Waals surface area contributed by atoms with Gasteiger partial charge in [0.2, 0.25) is 0 Å². The Morgan fingerprint density at radius 1 is 1.14 bits per heavy atom. The zero-order valence-corrected chi connectivity index (χ0v) is 16.3. The Kier molecular flexibility index (Phi) is 6.06. The van der Waals surface area contributed by atoms with Gasteiger partial charge in [-0.2, -0.15) is 0 Å². The molecule has 148 valence electrons. The fraction of sp³-hybridized carbons (Fsp3) is 0.286. The molecule has 0 aliphatic carbocycles. The summed E-state index contributed by atoms with van der Waals surface area (Å²) in [5.74, 6) is 0.768. The second kappa shape index (κ2) is 8.67. The molecule has 3 aromatic rings. The lowest BCUT2D eigenvalue weighted by atomic mass is 10.1. The van der Waals surface area contributed by atoms with Crippen LogP contribution in [0, 0.1) is 0 Å². The van der Waals surface area contributed by atoms with Crippen LogP contribution in [0.4, 0.5) is 16.2 Å². The first-order valence-corrected chi connectivity index (χ1v) is 9.07. The molecular formula is C21H25N3O4. The highest BCUT2D eigenvalue weighted by molar-refractivity contribution is 6.01. The first kappa shape index (κ1) is 19.6. The van der Waals surface area contributed by atoms with Gasteiger partial charge in [0.15, 0.2) is 0 Å². The summed E-state index contributed by atoms with van der Waals surface area (Å²) in [5.41, 5.74) is 10.7. The van der Waals surface area contributed by atoms with Crippen molar-refractivity contribution in [2.75, 3.05) is 38.5 Å². The lowest BCUT2D eigenvalue weighted by Gasteiger charge is -2.12. The predicted octanol–water partition coefficient (Wildman–Crippen LogP) is 4.11. The van der Waals surface area contributed by atoms with Gasteiger partial charge < -0.3 is 24.5 Å². The smallest absolute Gasteiger partial charge is 0.411 e. The van der Waals surface area contributed by atoms with Gasteiger partial charge in [-0.15, -0.1) is 0 Å². The van der Waals surface area contributed by atoms with E-state index in [0.29, 0.717) is 31.1 Å². The predicted molar refractivity (Wildman–Crippen MR) is 111 cm³/mol. The number of carbonyl (C=O) groups excluding carboxylic acids is 1. The maximum absolute atomic E-state index is 11.6. The van der Waals surface area contributed by atoms with E-state index in [4.69, 9.17) is 19.9 Å². The van der Waals surface area contributed by atoms with Crippen molar-refractivity contribution in [3.63, 3.8) is 0 Å². The van der Waals surface area contributed by atoms with E-state index in [2.05, 4.69) is 9.88 Å². The number of nitrogens with one attached hydrogen (secondary N) is 1. The van der Waals surface area contributed by atoms with E-state index in [1.807, 2.05) is 42.5 Å². The van der Waals surface area contributed by atoms with Crippen LogP contribution < -0.4 is 15.8 Å². The van der Waals surface area contributed by atoms with Crippen LogP contribution >= 0.6 is 0 Å². The molecule has 3 rings (SSSR count). The van der Waals surface area contributed by atoms with Crippen LogP contribution in [0.5, 0.6) is 5.75 Å². The zero-order chi connectivity index (χ0) is 20.1. The number of ether oxygens (including phenoxy) is 3. The topological polar surface area (TPSA) is 87.7 Å². The number of hydrogen-bond acceptors (Lipinski definition) is 5. The van der Waals surface area contributed by atoms with Gasteiger partial charge in [0.1, 0.15) is 5.75 Å². The number of carbonyl (C=O) groups is 1. The number of nitrogen functional groups attached to an aromatic ring is 1. The van der Waals surface area contributed by atoms with Crippen LogP contribution in [0.1, 0.15) is 6.92 Å². The monoisotopic (exact) mass is 383 g/mol.